The summed E-state index contributed by atoms with van der Waals surface area (Å²) >= 11 is 0. The Kier molecular flexibility index (Phi) is 2.83. The van der Waals surface area contributed by atoms with Gasteiger partial charge in [-0.15, -0.1) is 0 Å². The molecule has 0 bridgehead atoms. The maximum atomic E-state index is 11.6. The van der Waals surface area contributed by atoms with E-state index >= 15 is 0 Å². The monoisotopic (exact) mass is 212 g/mol. The summed E-state index contributed by atoms with van der Waals surface area (Å²) in [6, 6.07) is 0. The van der Waals surface area contributed by atoms with Gasteiger partial charge in [-0.25, -0.2) is 5.01 Å². The maximum Gasteiger partial charge on any atom is 0.304 e. The average molecular weight is 212 g/mol. The van der Waals surface area contributed by atoms with Crippen LogP contribution in [0.3, 0.4) is 0 Å². The minimum absolute atomic E-state index is 0.181. The number of hydrazone groups is 1. The van der Waals surface area contributed by atoms with E-state index in [1.807, 2.05) is 20.8 Å². The number of amides is 1. The highest BCUT2D eigenvalue weighted by Crippen LogP contribution is 2.29. The number of rotatable bonds is 2. The van der Waals surface area contributed by atoms with E-state index in [1.54, 1.807) is 7.05 Å². The zero-order chi connectivity index (χ0) is 11.8. The van der Waals surface area contributed by atoms with Crippen molar-refractivity contribution in [2.75, 3.05) is 7.05 Å². The van der Waals surface area contributed by atoms with Crippen LogP contribution in [-0.4, -0.2) is 34.8 Å². The lowest BCUT2D eigenvalue weighted by molar-refractivity contribution is -0.141. The maximum absolute atomic E-state index is 11.6. The summed E-state index contributed by atoms with van der Waals surface area (Å²) in [4.78, 5) is 22.3. The molecule has 1 N–H and O–H groups in total. The fourth-order valence-corrected chi connectivity index (χ4v) is 1.65. The van der Waals surface area contributed by atoms with Crippen LogP contribution in [0.5, 0.6) is 0 Å². The quantitative estimate of drug-likeness (QED) is 0.740. The highest BCUT2D eigenvalue weighted by atomic mass is 16.4. The number of carbonyl (C=O) groups is 2. The summed E-state index contributed by atoms with van der Waals surface area (Å²) in [6.45, 7) is 5.77. The van der Waals surface area contributed by atoms with Crippen molar-refractivity contribution in [1.29, 1.82) is 0 Å². The molecule has 0 aromatic rings. The van der Waals surface area contributed by atoms with Gasteiger partial charge in [-0.2, -0.15) is 5.10 Å². The average Bonchev–Trinajstić information content (AvgIpc) is 2.30. The lowest BCUT2D eigenvalue weighted by atomic mass is 9.81. The van der Waals surface area contributed by atoms with Crippen molar-refractivity contribution in [1.82, 2.24) is 5.01 Å². The van der Waals surface area contributed by atoms with Crippen molar-refractivity contribution in [2.45, 2.75) is 27.2 Å². The predicted molar refractivity (Wildman–Crippen MR) is 55.4 cm³/mol. The molecule has 1 unspecified atom stereocenters. The Morgan fingerprint density at radius 2 is 2.07 bits per heavy atom. The highest BCUT2D eigenvalue weighted by molar-refractivity contribution is 6.11. The summed E-state index contributed by atoms with van der Waals surface area (Å²) in [5.41, 5.74) is 0.373. The van der Waals surface area contributed by atoms with Crippen LogP contribution in [0, 0.1) is 11.3 Å². The second-order valence-corrected chi connectivity index (χ2v) is 4.75. The minimum atomic E-state index is -0.972. The molecule has 1 aliphatic rings. The molecule has 0 aromatic heterocycles. The molecule has 15 heavy (non-hydrogen) atoms. The van der Waals surface area contributed by atoms with E-state index in [2.05, 4.69) is 5.10 Å². The standard InChI is InChI=1S/C10H16N2O3/c1-10(2,3)8-6(5-7(13)14)9(15)12(4)11-8/h6H,5H2,1-4H3,(H,13,14). The molecule has 1 heterocycles. The lowest BCUT2D eigenvalue weighted by Crippen LogP contribution is -2.32. The van der Waals surface area contributed by atoms with Crippen molar-refractivity contribution in [3.05, 3.63) is 0 Å². The zero-order valence-corrected chi connectivity index (χ0v) is 9.44. The Hall–Kier alpha value is -1.39. The van der Waals surface area contributed by atoms with Gasteiger partial charge in [0.05, 0.1) is 18.1 Å². The first-order chi connectivity index (χ1) is 6.73. The summed E-state index contributed by atoms with van der Waals surface area (Å²) in [7, 11) is 1.55. The largest absolute Gasteiger partial charge is 0.481 e. The van der Waals surface area contributed by atoms with Crippen LogP contribution in [0.15, 0.2) is 5.10 Å². The number of hydrogen-bond donors (Lipinski definition) is 1. The zero-order valence-electron chi connectivity index (χ0n) is 9.44. The Bertz CT molecular complexity index is 328. The molecule has 5 heteroatoms. The number of carboxylic acids is 1. The summed E-state index contributed by atoms with van der Waals surface area (Å²) in [5.74, 6) is -1.81. The van der Waals surface area contributed by atoms with Crippen molar-refractivity contribution in [3.8, 4) is 0 Å². The van der Waals surface area contributed by atoms with Crippen molar-refractivity contribution in [3.63, 3.8) is 0 Å². The lowest BCUT2D eigenvalue weighted by Gasteiger charge is -2.21. The number of nitrogens with zero attached hydrogens (tertiary/aromatic N) is 2. The van der Waals surface area contributed by atoms with E-state index in [1.165, 1.54) is 5.01 Å². The molecule has 5 nitrogen and oxygen atoms in total. The molecule has 0 radical (unpaired) electrons. The number of hydrogen-bond acceptors (Lipinski definition) is 3. The summed E-state index contributed by atoms with van der Waals surface area (Å²) in [6.07, 6.45) is -0.181. The van der Waals surface area contributed by atoms with Gasteiger partial charge in [-0.3, -0.25) is 9.59 Å². The first kappa shape index (κ1) is 11.7. The van der Waals surface area contributed by atoms with Crippen LogP contribution < -0.4 is 0 Å². The topological polar surface area (TPSA) is 70.0 Å². The molecular weight excluding hydrogens is 196 g/mol. The van der Waals surface area contributed by atoms with Gasteiger partial charge in [0.25, 0.3) is 5.91 Å². The second-order valence-electron chi connectivity index (χ2n) is 4.75. The van der Waals surface area contributed by atoms with E-state index in [4.69, 9.17) is 5.11 Å². The van der Waals surface area contributed by atoms with Gasteiger partial charge >= 0.3 is 5.97 Å². The van der Waals surface area contributed by atoms with Gasteiger partial charge in [-0.1, -0.05) is 20.8 Å². The Morgan fingerprint density at radius 1 is 1.53 bits per heavy atom. The molecule has 1 rings (SSSR count). The fourth-order valence-electron chi connectivity index (χ4n) is 1.65. The Labute approximate surface area is 88.8 Å². The molecule has 1 atom stereocenters. The van der Waals surface area contributed by atoms with Crippen LogP contribution in [-0.2, 0) is 9.59 Å². The summed E-state index contributed by atoms with van der Waals surface area (Å²) < 4.78 is 0. The molecule has 0 aliphatic carbocycles. The normalized spacial score (nSPS) is 21.9. The molecule has 0 spiro atoms. The second kappa shape index (κ2) is 3.64. The number of aliphatic carboxylic acids is 1. The molecule has 0 saturated carbocycles. The third-order valence-electron chi connectivity index (χ3n) is 2.35. The third-order valence-corrected chi connectivity index (χ3v) is 2.35. The van der Waals surface area contributed by atoms with Gasteiger partial charge in [0.15, 0.2) is 0 Å². The minimum Gasteiger partial charge on any atom is -0.481 e. The van der Waals surface area contributed by atoms with Crippen LogP contribution in [0.4, 0.5) is 0 Å². The van der Waals surface area contributed by atoms with Crippen LogP contribution >= 0.6 is 0 Å². The Morgan fingerprint density at radius 3 is 2.47 bits per heavy atom. The number of carbonyl (C=O) groups excluding carboxylic acids is 1. The molecule has 1 aliphatic heterocycles. The molecule has 0 saturated heterocycles. The van der Waals surface area contributed by atoms with Gasteiger partial charge in [-0.05, 0) is 0 Å². The van der Waals surface area contributed by atoms with Gasteiger partial charge in [0, 0.05) is 12.5 Å². The molecule has 0 fully saturated rings. The van der Waals surface area contributed by atoms with E-state index in [-0.39, 0.29) is 17.7 Å². The first-order valence-corrected chi connectivity index (χ1v) is 4.82. The van der Waals surface area contributed by atoms with Gasteiger partial charge < -0.3 is 5.11 Å². The first-order valence-electron chi connectivity index (χ1n) is 4.82. The molecular formula is C10H16N2O3. The van der Waals surface area contributed by atoms with Crippen molar-refractivity contribution < 1.29 is 14.7 Å². The highest BCUT2D eigenvalue weighted by Gasteiger charge is 2.40. The van der Waals surface area contributed by atoms with E-state index in [0.717, 1.165) is 0 Å². The third kappa shape index (κ3) is 2.34. The van der Waals surface area contributed by atoms with E-state index in [0.29, 0.717) is 5.71 Å². The molecule has 0 aromatic carbocycles. The molecule has 1 amide bonds. The van der Waals surface area contributed by atoms with Crippen molar-refractivity contribution >= 4 is 17.6 Å². The Balaban J connectivity index is 2.98. The smallest absolute Gasteiger partial charge is 0.304 e. The molecule has 84 valence electrons. The van der Waals surface area contributed by atoms with Crippen molar-refractivity contribution in [2.24, 2.45) is 16.4 Å². The predicted octanol–water partition coefficient (Wildman–Crippen LogP) is 0.951. The van der Waals surface area contributed by atoms with Crippen LogP contribution in [0.25, 0.3) is 0 Å². The SMILES string of the molecule is CN1N=C(C(C)(C)C)C(CC(=O)O)C1=O. The fraction of sp³-hybridized carbons (Fsp3) is 0.700. The van der Waals surface area contributed by atoms with Gasteiger partial charge in [0.1, 0.15) is 0 Å². The van der Waals surface area contributed by atoms with Crippen LogP contribution in [0.2, 0.25) is 0 Å². The van der Waals surface area contributed by atoms with Gasteiger partial charge in [0.2, 0.25) is 0 Å². The summed E-state index contributed by atoms with van der Waals surface area (Å²) in [5, 5.41) is 14.1. The number of carboxylic acid groups (broad SMARTS) is 1. The van der Waals surface area contributed by atoms with E-state index < -0.39 is 11.9 Å². The van der Waals surface area contributed by atoms with E-state index in [9.17, 15) is 9.59 Å². The van der Waals surface area contributed by atoms with Crippen LogP contribution in [0.1, 0.15) is 27.2 Å².